The predicted octanol–water partition coefficient (Wildman–Crippen LogP) is 2.07. The Morgan fingerprint density at radius 1 is 1.05 bits per heavy atom. The Morgan fingerprint density at radius 3 is 2.21 bits per heavy atom. The van der Waals surface area contributed by atoms with Crippen molar-refractivity contribution in [3.05, 3.63) is 71.0 Å². The quantitative estimate of drug-likeness (QED) is 0.184. The molecule has 1 aliphatic heterocycles. The molecule has 20 heteroatoms. The maximum atomic E-state index is 14.0. The number of aliphatic hydroxyl groups excluding tert-OH is 1. The number of hydrogen-bond acceptors (Lipinski definition) is 10. The van der Waals surface area contributed by atoms with E-state index in [4.69, 9.17) is 22.1 Å². The zero-order valence-electron chi connectivity index (χ0n) is 31.9. The Kier molecular flexibility index (Phi) is 16.1. The SMILES string of the molecule is C=O.COC.C[C@H](O)[C@H](CC[NH+](C)C)C(=O)N1CCN(C(=O)c2ccc(NC(=O)c3ncc(-c4cn(-c5ccc(N)cn5)nc4C(F)(F)F)n3C)cc2Cl)CC1. The number of carbonyl (C=O) groups excluding carboxylic acids is 4. The van der Waals surface area contributed by atoms with Crippen LogP contribution in [0, 0.1) is 5.92 Å². The van der Waals surface area contributed by atoms with E-state index in [-0.39, 0.29) is 64.1 Å². The third kappa shape index (κ3) is 11.1. The van der Waals surface area contributed by atoms with Crippen LogP contribution in [0.5, 0.6) is 0 Å². The largest absolute Gasteiger partial charge is 0.435 e. The first-order valence-electron chi connectivity index (χ1n) is 17.2. The monoisotopic (exact) mass is 807 g/mol. The lowest BCUT2D eigenvalue weighted by Gasteiger charge is -2.37. The van der Waals surface area contributed by atoms with Crippen LogP contribution in [-0.2, 0) is 27.5 Å². The summed E-state index contributed by atoms with van der Waals surface area (Å²) in [4.78, 5) is 60.2. The van der Waals surface area contributed by atoms with Gasteiger partial charge in [-0.15, -0.1) is 0 Å². The minimum absolute atomic E-state index is 0.0223. The lowest BCUT2D eigenvalue weighted by Crippen LogP contribution is -3.05. The summed E-state index contributed by atoms with van der Waals surface area (Å²) < 4.78 is 48.5. The first-order chi connectivity index (χ1) is 26.5. The third-order valence-electron chi connectivity index (χ3n) is 8.65. The molecule has 5 rings (SSSR count). The first-order valence-corrected chi connectivity index (χ1v) is 17.6. The Balaban J connectivity index is 0.00000160. The number of anilines is 2. The number of aromatic nitrogens is 5. The van der Waals surface area contributed by atoms with Gasteiger partial charge in [0.1, 0.15) is 6.79 Å². The van der Waals surface area contributed by atoms with Crippen molar-refractivity contribution in [2.45, 2.75) is 25.6 Å². The second-order valence-electron chi connectivity index (χ2n) is 13.1. The van der Waals surface area contributed by atoms with Crippen molar-refractivity contribution in [1.82, 2.24) is 34.1 Å². The summed E-state index contributed by atoms with van der Waals surface area (Å²) in [6.07, 6.45) is -1.49. The molecular weight excluding hydrogens is 761 g/mol. The number of nitrogen functional groups attached to an aromatic ring is 1. The van der Waals surface area contributed by atoms with Crippen LogP contribution in [0.15, 0.2) is 48.9 Å². The second kappa shape index (κ2) is 20.0. The molecule has 2 atom stereocenters. The van der Waals surface area contributed by atoms with Gasteiger partial charge in [0.15, 0.2) is 17.3 Å². The zero-order valence-corrected chi connectivity index (χ0v) is 32.7. The van der Waals surface area contributed by atoms with Crippen LogP contribution in [0.1, 0.15) is 40.0 Å². The Labute approximate surface area is 327 Å². The van der Waals surface area contributed by atoms with E-state index in [2.05, 4.69) is 25.1 Å². The number of hydrogen-bond donors (Lipinski definition) is 4. The molecule has 0 spiro atoms. The minimum Gasteiger partial charge on any atom is -0.397 e. The van der Waals surface area contributed by atoms with Gasteiger partial charge >= 0.3 is 6.18 Å². The number of alkyl halides is 3. The van der Waals surface area contributed by atoms with Gasteiger partial charge in [0.25, 0.3) is 11.8 Å². The van der Waals surface area contributed by atoms with Crippen molar-refractivity contribution in [2.24, 2.45) is 13.0 Å². The number of piperazine rings is 1. The molecule has 4 heterocycles. The molecular formula is C36H47ClF3N10O6+. The van der Waals surface area contributed by atoms with E-state index < -0.39 is 29.8 Å². The van der Waals surface area contributed by atoms with Crippen molar-refractivity contribution in [3.63, 3.8) is 0 Å². The smallest absolute Gasteiger partial charge is 0.397 e. The predicted molar refractivity (Wildman–Crippen MR) is 202 cm³/mol. The van der Waals surface area contributed by atoms with Crippen LogP contribution in [0.4, 0.5) is 24.5 Å². The number of quaternary nitrogens is 1. The van der Waals surface area contributed by atoms with Crippen molar-refractivity contribution < 1.29 is 47.1 Å². The van der Waals surface area contributed by atoms with E-state index in [9.17, 15) is 32.7 Å². The maximum absolute atomic E-state index is 14.0. The molecule has 16 nitrogen and oxygen atoms in total. The van der Waals surface area contributed by atoms with E-state index in [1.54, 1.807) is 30.9 Å². The van der Waals surface area contributed by atoms with Gasteiger partial charge in [0.05, 0.1) is 72.6 Å². The van der Waals surface area contributed by atoms with Crippen LogP contribution in [0.3, 0.4) is 0 Å². The highest BCUT2D eigenvalue weighted by Crippen LogP contribution is 2.37. The van der Waals surface area contributed by atoms with Gasteiger partial charge in [-0.2, -0.15) is 18.3 Å². The topological polar surface area (TPSA) is 195 Å². The fraction of sp³-hybridized carbons (Fsp3) is 0.417. The number of ether oxygens (including phenoxy) is 1. The standard InChI is InChI=1S/C33H38ClF3N10O4.C2H6O.CH2O/c1-19(48)22(9-10-43(2)3)31(50)45-11-13-46(14-12-45)32(51)23-7-6-21(15-25(23)34)41-30(49)29-40-17-26(44(29)4)24-18-47(42-28(24)33(35,36)37)27-8-5-20(38)16-39-27;1-3-2;1-2/h5-8,15-19,22,48H,9-14,38H2,1-4H3,(H,41,49);1-2H3;1H2/p+1/t19-,22-;;/m0../s1. The van der Waals surface area contributed by atoms with E-state index in [1.165, 1.54) is 53.0 Å². The number of imidazole rings is 1. The number of halogens is 4. The van der Waals surface area contributed by atoms with Gasteiger partial charge in [0, 0.05) is 65.8 Å². The van der Waals surface area contributed by atoms with Gasteiger partial charge in [-0.3, -0.25) is 14.4 Å². The number of nitrogens with two attached hydrogens (primary N) is 1. The van der Waals surface area contributed by atoms with Gasteiger partial charge in [0.2, 0.25) is 5.91 Å². The number of carbonyl (C=O) groups is 4. The number of aliphatic hydroxyl groups is 1. The molecule has 4 aromatic rings. The number of pyridine rings is 1. The molecule has 1 aromatic carbocycles. The fourth-order valence-electron chi connectivity index (χ4n) is 5.80. The summed E-state index contributed by atoms with van der Waals surface area (Å²) in [5, 5.41) is 16.6. The van der Waals surface area contributed by atoms with Crippen LogP contribution >= 0.6 is 11.6 Å². The molecule has 1 saturated heterocycles. The highest BCUT2D eigenvalue weighted by atomic mass is 35.5. The molecule has 56 heavy (non-hydrogen) atoms. The summed E-state index contributed by atoms with van der Waals surface area (Å²) in [6.45, 7) is 5.51. The summed E-state index contributed by atoms with van der Waals surface area (Å²) in [5.74, 6) is -1.83. The molecule has 3 aromatic heterocycles. The zero-order chi connectivity index (χ0) is 41.9. The van der Waals surface area contributed by atoms with Crippen LogP contribution in [0.2, 0.25) is 5.02 Å². The minimum atomic E-state index is -4.82. The molecule has 5 N–H and O–H groups in total. The number of benzene rings is 1. The average Bonchev–Trinajstić information content (AvgIpc) is 3.77. The lowest BCUT2D eigenvalue weighted by molar-refractivity contribution is -0.858. The van der Waals surface area contributed by atoms with Crippen molar-refractivity contribution in [2.75, 3.05) is 72.1 Å². The normalized spacial score (nSPS) is 13.9. The number of rotatable bonds is 10. The molecule has 0 saturated carbocycles. The molecule has 0 radical (unpaired) electrons. The molecule has 304 valence electrons. The number of nitrogens with one attached hydrogen (secondary N) is 2. The van der Waals surface area contributed by atoms with Gasteiger partial charge in [-0.1, -0.05) is 11.6 Å². The maximum Gasteiger partial charge on any atom is 0.435 e. The Morgan fingerprint density at radius 2 is 1.68 bits per heavy atom. The fourth-order valence-corrected chi connectivity index (χ4v) is 6.06. The van der Waals surface area contributed by atoms with Crippen LogP contribution in [0.25, 0.3) is 17.1 Å². The summed E-state index contributed by atoms with van der Waals surface area (Å²) >= 11 is 6.48. The van der Waals surface area contributed by atoms with Gasteiger partial charge in [-0.25, -0.2) is 14.6 Å². The third-order valence-corrected chi connectivity index (χ3v) is 8.96. The molecule has 0 bridgehead atoms. The van der Waals surface area contributed by atoms with Gasteiger partial charge in [-0.05, 0) is 37.3 Å². The number of nitrogens with zero attached hydrogens (tertiary/aromatic N) is 7. The van der Waals surface area contributed by atoms with E-state index in [0.717, 1.165) is 23.6 Å². The summed E-state index contributed by atoms with van der Waals surface area (Å²) in [5.41, 5.74) is 4.85. The van der Waals surface area contributed by atoms with Crippen molar-refractivity contribution >= 4 is 47.5 Å². The average molecular weight is 808 g/mol. The van der Waals surface area contributed by atoms with Crippen LogP contribution in [-0.4, -0.2) is 131 Å². The highest BCUT2D eigenvalue weighted by Gasteiger charge is 2.39. The van der Waals surface area contributed by atoms with Gasteiger partial charge < -0.3 is 45.0 Å². The molecule has 1 aliphatic rings. The van der Waals surface area contributed by atoms with E-state index in [1.807, 2.05) is 20.9 Å². The van der Waals surface area contributed by atoms with Crippen molar-refractivity contribution in [3.8, 4) is 17.1 Å². The number of methoxy groups -OCH3 is 1. The van der Waals surface area contributed by atoms with E-state index >= 15 is 0 Å². The lowest BCUT2D eigenvalue weighted by atomic mass is 9.97. The van der Waals surface area contributed by atoms with Crippen molar-refractivity contribution in [1.29, 1.82) is 0 Å². The highest BCUT2D eigenvalue weighted by molar-refractivity contribution is 6.34. The molecule has 0 unspecified atom stereocenters. The Hall–Kier alpha value is -5.37. The summed E-state index contributed by atoms with van der Waals surface area (Å²) in [7, 11) is 8.61. The molecule has 1 fully saturated rings. The first kappa shape index (κ1) is 45.0. The van der Waals surface area contributed by atoms with Crippen LogP contribution < -0.4 is 16.0 Å². The number of amides is 3. The Bertz CT molecular complexity index is 1940. The molecule has 3 amide bonds. The molecule has 0 aliphatic carbocycles. The van der Waals surface area contributed by atoms with E-state index in [0.29, 0.717) is 25.2 Å². The summed E-state index contributed by atoms with van der Waals surface area (Å²) in [6, 6.07) is 7.23. The second-order valence-corrected chi connectivity index (χ2v) is 13.5.